The average molecular weight is 247 g/mol. The third-order valence-corrected chi connectivity index (χ3v) is 3.67. The number of hydrogen-bond acceptors (Lipinski definition) is 2. The lowest BCUT2D eigenvalue weighted by Crippen LogP contribution is -2.42. The fourth-order valence-corrected chi connectivity index (χ4v) is 2.66. The van der Waals surface area contributed by atoms with E-state index in [1.165, 1.54) is 24.8 Å². The minimum atomic E-state index is 0.381. The normalized spacial score (nSPS) is 25.2. The fraction of sp³-hybridized carbons (Fsp3) is 0.625. The topological polar surface area (TPSA) is 21.3 Å². The fourth-order valence-electron chi connectivity index (χ4n) is 2.66. The quantitative estimate of drug-likeness (QED) is 0.833. The molecule has 100 valence electrons. The summed E-state index contributed by atoms with van der Waals surface area (Å²) in [7, 11) is 0. The zero-order valence-electron chi connectivity index (χ0n) is 11.6. The van der Waals surface area contributed by atoms with Crippen LogP contribution >= 0.6 is 0 Å². The minimum absolute atomic E-state index is 0.381. The third-order valence-electron chi connectivity index (χ3n) is 3.67. The molecule has 1 aromatic carbocycles. The monoisotopic (exact) mass is 247 g/mol. The Hall–Kier alpha value is -0.860. The van der Waals surface area contributed by atoms with Crippen LogP contribution in [0.1, 0.15) is 38.7 Å². The van der Waals surface area contributed by atoms with Gasteiger partial charge in [0.1, 0.15) is 0 Å². The van der Waals surface area contributed by atoms with E-state index in [2.05, 4.69) is 49.5 Å². The van der Waals surface area contributed by atoms with Crippen molar-refractivity contribution in [3.63, 3.8) is 0 Å². The van der Waals surface area contributed by atoms with E-state index < -0.39 is 0 Å². The lowest BCUT2D eigenvalue weighted by atomic mass is 9.99. The Morgan fingerprint density at radius 2 is 2.06 bits per heavy atom. The molecule has 0 amide bonds. The molecule has 1 aliphatic heterocycles. The van der Waals surface area contributed by atoms with Gasteiger partial charge in [0.15, 0.2) is 0 Å². The molecule has 2 nitrogen and oxygen atoms in total. The smallest absolute Gasteiger partial charge is 0.0735 e. The van der Waals surface area contributed by atoms with Crippen molar-refractivity contribution in [2.45, 2.75) is 57.8 Å². The first-order valence-corrected chi connectivity index (χ1v) is 7.22. The van der Waals surface area contributed by atoms with Crippen molar-refractivity contribution in [3.05, 3.63) is 35.9 Å². The zero-order chi connectivity index (χ0) is 12.8. The van der Waals surface area contributed by atoms with Crippen molar-refractivity contribution in [1.29, 1.82) is 0 Å². The Kier molecular flexibility index (Phi) is 5.21. The Bertz CT molecular complexity index is 338. The minimum Gasteiger partial charge on any atom is -0.374 e. The molecule has 1 heterocycles. The Labute approximate surface area is 111 Å². The molecule has 0 radical (unpaired) electrons. The highest BCUT2D eigenvalue weighted by molar-refractivity contribution is 5.16. The van der Waals surface area contributed by atoms with Crippen LogP contribution in [0.5, 0.6) is 0 Å². The lowest BCUT2D eigenvalue weighted by Gasteiger charge is -2.25. The second kappa shape index (κ2) is 6.91. The number of benzene rings is 1. The summed E-state index contributed by atoms with van der Waals surface area (Å²) >= 11 is 0. The van der Waals surface area contributed by atoms with Crippen LogP contribution in [0.15, 0.2) is 30.3 Å². The summed E-state index contributed by atoms with van der Waals surface area (Å²) in [5.41, 5.74) is 1.40. The van der Waals surface area contributed by atoms with Gasteiger partial charge in [0.2, 0.25) is 0 Å². The highest BCUT2D eigenvalue weighted by Crippen LogP contribution is 2.23. The predicted molar refractivity (Wildman–Crippen MR) is 75.8 cm³/mol. The molecule has 3 unspecified atom stereocenters. The summed E-state index contributed by atoms with van der Waals surface area (Å²) < 4.78 is 6.03. The highest BCUT2D eigenvalue weighted by atomic mass is 16.5. The molecule has 0 aromatic heterocycles. The molecule has 0 aliphatic carbocycles. The van der Waals surface area contributed by atoms with E-state index in [0.717, 1.165) is 13.0 Å². The van der Waals surface area contributed by atoms with Crippen molar-refractivity contribution in [1.82, 2.24) is 5.32 Å². The van der Waals surface area contributed by atoms with Crippen LogP contribution in [-0.4, -0.2) is 24.8 Å². The van der Waals surface area contributed by atoms with Gasteiger partial charge >= 0.3 is 0 Å². The van der Waals surface area contributed by atoms with E-state index in [1.54, 1.807) is 0 Å². The molecule has 1 aromatic rings. The standard InChI is InChI=1S/C16H25NO/c1-3-11-17-15(16-10-9-13(2)18-16)12-14-7-5-4-6-8-14/h4-8,13,15-17H,3,9-12H2,1-2H3. The number of nitrogens with one attached hydrogen (secondary N) is 1. The molecule has 0 saturated carbocycles. The van der Waals surface area contributed by atoms with Crippen molar-refractivity contribution >= 4 is 0 Å². The summed E-state index contributed by atoms with van der Waals surface area (Å²) in [4.78, 5) is 0. The molecular formula is C16H25NO. The molecule has 3 atom stereocenters. The highest BCUT2D eigenvalue weighted by Gasteiger charge is 2.29. The first-order valence-electron chi connectivity index (χ1n) is 7.22. The van der Waals surface area contributed by atoms with Crippen molar-refractivity contribution in [2.75, 3.05) is 6.54 Å². The van der Waals surface area contributed by atoms with E-state index in [0.29, 0.717) is 18.2 Å². The van der Waals surface area contributed by atoms with E-state index in [9.17, 15) is 0 Å². The van der Waals surface area contributed by atoms with Crippen molar-refractivity contribution in [2.24, 2.45) is 0 Å². The van der Waals surface area contributed by atoms with Crippen LogP contribution < -0.4 is 5.32 Å². The van der Waals surface area contributed by atoms with Crippen LogP contribution in [0, 0.1) is 0 Å². The molecule has 18 heavy (non-hydrogen) atoms. The maximum Gasteiger partial charge on any atom is 0.0735 e. The number of ether oxygens (including phenoxy) is 1. The van der Waals surface area contributed by atoms with Gasteiger partial charge in [-0.05, 0) is 44.7 Å². The Morgan fingerprint density at radius 1 is 1.28 bits per heavy atom. The molecule has 2 heteroatoms. The van der Waals surface area contributed by atoms with Gasteiger partial charge in [-0.15, -0.1) is 0 Å². The van der Waals surface area contributed by atoms with Gasteiger partial charge in [-0.2, -0.15) is 0 Å². The summed E-state index contributed by atoms with van der Waals surface area (Å²) in [5.74, 6) is 0. The van der Waals surface area contributed by atoms with Crippen LogP contribution in [0.4, 0.5) is 0 Å². The molecular weight excluding hydrogens is 222 g/mol. The summed E-state index contributed by atoms with van der Waals surface area (Å²) in [6.07, 6.45) is 5.44. The van der Waals surface area contributed by atoms with Gasteiger partial charge in [-0.1, -0.05) is 37.3 Å². The van der Waals surface area contributed by atoms with Crippen molar-refractivity contribution < 1.29 is 4.74 Å². The average Bonchev–Trinajstić information content (AvgIpc) is 2.82. The second-order valence-electron chi connectivity index (χ2n) is 5.31. The molecule has 2 rings (SSSR count). The predicted octanol–water partition coefficient (Wildman–Crippen LogP) is 3.16. The Balaban J connectivity index is 1.96. The summed E-state index contributed by atoms with van der Waals surface area (Å²) in [5, 5.41) is 3.66. The van der Waals surface area contributed by atoms with Gasteiger partial charge in [0.25, 0.3) is 0 Å². The largest absolute Gasteiger partial charge is 0.374 e. The van der Waals surface area contributed by atoms with Crippen LogP contribution in [0.2, 0.25) is 0 Å². The summed E-state index contributed by atoms with van der Waals surface area (Å²) in [6.45, 7) is 5.47. The van der Waals surface area contributed by atoms with Crippen molar-refractivity contribution in [3.8, 4) is 0 Å². The second-order valence-corrected chi connectivity index (χ2v) is 5.31. The molecule has 0 spiro atoms. The summed E-state index contributed by atoms with van der Waals surface area (Å²) in [6, 6.07) is 11.2. The SMILES string of the molecule is CCCNC(Cc1ccccc1)C1CCC(C)O1. The number of rotatable bonds is 6. The van der Waals surface area contributed by atoms with Gasteiger partial charge in [0, 0.05) is 6.04 Å². The molecule has 0 bridgehead atoms. The molecule has 1 saturated heterocycles. The van der Waals surface area contributed by atoms with Crippen LogP contribution in [-0.2, 0) is 11.2 Å². The maximum atomic E-state index is 6.03. The lowest BCUT2D eigenvalue weighted by molar-refractivity contribution is 0.0321. The molecule has 1 aliphatic rings. The van der Waals surface area contributed by atoms with Crippen LogP contribution in [0.25, 0.3) is 0 Å². The van der Waals surface area contributed by atoms with Gasteiger partial charge in [-0.3, -0.25) is 0 Å². The van der Waals surface area contributed by atoms with E-state index in [1.807, 2.05) is 0 Å². The Morgan fingerprint density at radius 3 is 2.67 bits per heavy atom. The van der Waals surface area contributed by atoms with E-state index in [-0.39, 0.29) is 0 Å². The maximum absolute atomic E-state index is 6.03. The van der Waals surface area contributed by atoms with Crippen LogP contribution in [0.3, 0.4) is 0 Å². The zero-order valence-corrected chi connectivity index (χ0v) is 11.6. The molecule has 1 N–H and O–H groups in total. The third kappa shape index (κ3) is 3.82. The first kappa shape index (κ1) is 13.6. The first-order chi connectivity index (χ1) is 8.79. The van der Waals surface area contributed by atoms with E-state index in [4.69, 9.17) is 4.74 Å². The van der Waals surface area contributed by atoms with Gasteiger partial charge < -0.3 is 10.1 Å². The number of hydrogen-bond donors (Lipinski definition) is 1. The molecule has 1 fully saturated rings. The van der Waals surface area contributed by atoms with Gasteiger partial charge in [-0.25, -0.2) is 0 Å². The van der Waals surface area contributed by atoms with Gasteiger partial charge in [0.05, 0.1) is 12.2 Å². The van der Waals surface area contributed by atoms with E-state index >= 15 is 0 Å².